The molecule has 2 amide bonds. The zero-order valence-corrected chi connectivity index (χ0v) is 12.4. The summed E-state index contributed by atoms with van der Waals surface area (Å²) in [7, 11) is 0. The Labute approximate surface area is 120 Å². The molecule has 6 heteroatoms. The zero-order chi connectivity index (χ0) is 13.2. The van der Waals surface area contributed by atoms with E-state index in [1.165, 1.54) is 0 Å². The lowest BCUT2D eigenvalue weighted by molar-refractivity contribution is -0.129. The van der Waals surface area contributed by atoms with E-state index in [-0.39, 0.29) is 35.6 Å². The Hall–Kier alpha value is -0.810. The van der Waals surface area contributed by atoms with Crippen LogP contribution in [0, 0.1) is 11.3 Å². The molecule has 2 atom stereocenters. The summed E-state index contributed by atoms with van der Waals surface area (Å²) in [6, 6.07) is -0.434. The van der Waals surface area contributed by atoms with Gasteiger partial charge in [0.05, 0.1) is 0 Å². The van der Waals surface area contributed by atoms with Crippen LogP contribution in [0.15, 0.2) is 0 Å². The van der Waals surface area contributed by atoms with E-state index in [1.807, 2.05) is 6.92 Å². The SMILES string of the molecule is CCNC(=O)C(C)NC(=O)C1CC12CCNCC2.Cl. The van der Waals surface area contributed by atoms with E-state index in [2.05, 4.69) is 16.0 Å². The molecule has 0 radical (unpaired) electrons. The topological polar surface area (TPSA) is 70.2 Å². The molecular formula is C13H24ClN3O2. The molecule has 0 aromatic carbocycles. The first-order valence-electron chi connectivity index (χ1n) is 6.88. The normalized spacial score (nSPS) is 25.1. The number of hydrogen-bond acceptors (Lipinski definition) is 3. The van der Waals surface area contributed by atoms with Crippen LogP contribution >= 0.6 is 12.4 Å². The van der Waals surface area contributed by atoms with E-state index in [1.54, 1.807) is 6.92 Å². The maximum Gasteiger partial charge on any atom is 0.242 e. The smallest absolute Gasteiger partial charge is 0.242 e. The molecule has 1 saturated heterocycles. The Morgan fingerprint density at radius 2 is 2.00 bits per heavy atom. The molecule has 19 heavy (non-hydrogen) atoms. The highest BCUT2D eigenvalue weighted by Crippen LogP contribution is 2.58. The molecule has 0 aromatic heterocycles. The first-order valence-corrected chi connectivity index (χ1v) is 6.88. The van der Waals surface area contributed by atoms with Crippen molar-refractivity contribution in [3.8, 4) is 0 Å². The van der Waals surface area contributed by atoms with E-state index in [0.29, 0.717) is 6.54 Å². The average Bonchev–Trinajstić information content (AvgIpc) is 3.04. The minimum Gasteiger partial charge on any atom is -0.355 e. The molecule has 1 aliphatic heterocycles. The van der Waals surface area contributed by atoms with Gasteiger partial charge < -0.3 is 16.0 Å². The molecule has 2 fully saturated rings. The van der Waals surface area contributed by atoms with Gasteiger partial charge in [-0.05, 0) is 51.6 Å². The Morgan fingerprint density at radius 3 is 2.58 bits per heavy atom. The van der Waals surface area contributed by atoms with Crippen LogP contribution in [0.1, 0.15) is 33.1 Å². The number of amides is 2. The lowest BCUT2D eigenvalue weighted by Gasteiger charge is -2.23. The molecule has 2 rings (SSSR count). The van der Waals surface area contributed by atoms with Crippen molar-refractivity contribution in [2.75, 3.05) is 19.6 Å². The lowest BCUT2D eigenvalue weighted by Crippen LogP contribution is -2.46. The van der Waals surface area contributed by atoms with Gasteiger partial charge in [-0.25, -0.2) is 0 Å². The van der Waals surface area contributed by atoms with Crippen molar-refractivity contribution in [3.05, 3.63) is 0 Å². The van der Waals surface area contributed by atoms with Gasteiger partial charge in [-0.2, -0.15) is 0 Å². The third-order valence-electron chi connectivity index (χ3n) is 4.21. The van der Waals surface area contributed by atoms with Crippen LogP contribution in [0.25, 0.3) is 0 Å². The van der Waals surface area contributed by atoms with Gasteiger partial charge >= 0.3 is 0 Å². The number of halogens is 1. The van der Waals surface area contributed by atoms with Gasteiger partial charge in [0.2, 0.25) is 11.8 Å². The van der Waals surface area contributed by atoms with Crippen molar-refractivity contribution in [3.63, 3.8) is 0 Å². The van der Waals surface area contributed by atoms with Crippen LogP contribution in [0.3, 0.4) is 0 Å². The molecule has 1 heterocycles. The van der Waals surface area contributed by atoms with Gasteiger partial charge in [0.25, 0.3) is 0 Å². The number of hydrogen-bond donors (Lipinski definition) is 3. The number of rotatable bonds is 4. The zero-order valence-electron chi connectivity index (χ0n) is 11.6. The summed E-state index contributed by atoms with van der Waals surface area (Å²) in [4.78, 5) is 23.6. The molecule has 5 nitrogen and oxygen atoms in total. The maximum atomic E-state index is 12.1. The summed E-state index contributed by atoms with van der Waals surface area (Å²) in [6.45, 7) is 6.22. The van der Waals surface area contributed by atoms with E-state index >= 15 is 0 Å². The van der Waals surface area contributed by atoms with Gasteiger partial charge in [0, 0.05) is 12.5 Å². The fourth-order valence-electron chi connectivity index (χ4n) is 2.90. The van der Waals surface area contributed by atoms with Gasteiger partial charge in [-0.15, -0.1) is 12.4 Å². The van der Waals surface area contributed by atoms with Crippen LogP contribution in [-0.4, -0.2) is 37.5 Å². The molecule has 2 aliphatic rings. The summed E-state index contributed by atoms with van der Waals surface area (Å²) >= 11 is 0. The Morgan fingerprint density at radius 1 is 1.37 bits per heavy atom. The third kappa shape index (κ3) is 3.60. The number of piperidine rings is 1. The summed E-state index contributed by atoms with van der Waals surface area (Å²) < 4.78 is 0. The van der Waals surface area contributed by atoms with E-state index < -0.39 is 6.04 Å². The first kappa shape index (κ1) is 16.2. The summed E-state index contributed by atoms with van der Waals surface area (Å²) in [5.74, 6) is 0.0676. The van der Waals surface area contributed by atoms with Crippen molar-refractivity contribution in [2.24, 2.45) is 11.3 Å². The standard InChI is InChI=1S/C13H23N3O2.ClH/c1-3-15-11(17)9(2)16-12(18)10-8-13(10)4-6-14-7-5-13;/h9-10,14H,3-8H2,1-2H3,(H,15,17)(H,16,18);1H. The molecule has 3 N–H and O–H groups in total. The van der Waals surface area contributed by atoms with Crippen molar-refractivity contribution in [1.82, 2.24) is 16.0 Å². The number of likely N-dealkylation sites (N-methyl/N-ethyl adjacent to an activating group) is 1. The monoisotopic (exact) mass is 289 g/mol. The minimum absolute atomic E-state index is 0. The van der Waals surface area contributed by atoms with E-state index in [4.69, 9.17) is 0 Å². The quantitative estimate of drug-likeness (QED) is 0.703. The summed E-state index contributed by atoms with van der Waals surface area (Å²) in [6.07, 6.45) is 3.16. The van der Waals surface area contributed by atoms with Crippen molar-refractivity contribution >= 4 is 24.2 Å². The van der Waals surface area contributed by atoms with Gasteiger partial charge in [0.15, 0.2) is 0 Å². The molecule has 1 aliphatic carbocycles. The van der Waals surface area contributed by atoms with Crippen LogP contribution in [-0.2, 0) is 9.59 Å². The second-order valence-corrected chi connectivity index (χ2v) is 5.49. The van der Waals surface area contributed by atoms with Crippen molar-refractivity contribution < 1.29 is 9.59 Å². The van der Waals surface area contributed by atoms with Gasteiger partial charge in [-0.1, -0.05) is 0 Å². The predicted molar refractivity (Wildman–Crippen MR) is 76.2 cm³/mol. The Kier molecular flexibility index (Phi) is 5.62. The maximum absolute atomic E-state index is 12.1. The van der Waals surface area contributed by atoms with Crippen molar-refractivity contribution in [1.29, 1.82) is 0 Å². The average molecular weight is 290 g/mol. The Balaban J connectivity index is 0.00000180. The van der Waals surface area contributed by atoms with Gasteiger partial charge in [-0.3, -0.25) is 9.59 Å². The summed E-state index contributed by atoms with van der Waals surface area (Å²) in [5.41, 5.74) is 0.232. The number of carbonyl (C=O) groups excluding carboxylic acids is 2. The van der Waals surface area contributed by atoms with E-state index in [9.17, 15) is 9.59 Å². The van der Waals surface area contributed by atoms with Crippen LogP contribution in [0.5, 0.6) is 0 Å². The minimum atomic E-state index is -0.434. The number of carbonyl (C=O) groups is 2. The molecule has 1 spiro atoms. The molecule has 110 valence electrons. The Bertz CT molecular complexity index is 343. The fourth-order valence-corrected chi connectivity index (χ4v) is 2.90. The third-order valence-corrected chi connectivity index (χ3v) is 4.21. The van der Waals surface area contributed by atoms with E-state index in [0.717, 1.165) is 32.4 Å². The highest BCUT2D eigenvalue weighted by Gasteiger charge is 2.57. The molecule has 1 saturated carbocycles. The second kappa shape index (κ2) is 6.57. The highest BCUT2D eigenvalue weighted by atomic mass is 35.5. The largest absolute Gasteiger partial charge is 0.355 e. The van der Waals surface area contributed by atoms with Crippen LogP contribution in [0.2, 0.25) is 0 Å². The lowest BCUT2D eigenvalue weighted by atomic mass is 9.91. The molecular weight excluding hydrogens is 266 g/mol. The predicted octanol–water partition coefficient (Wildman–Crippen LogP) is 0.439. The highest BCUT2D eigenvalue weighted by molar-refractivity contribution is 5.89. The number of nitrogens with one attached hydrogen (secondary N) is 3. The van der Waals surface area contributed by atoms with Gasteiger partial charge in [0.1, 0.15) is 6.04 Å². The van der Waals surface area contributed by atoms with Crippen molar-refractivity contribution in [2.45, 2.75) is 39.2 Å². The summed E-state index contributed by atoms with van der Waals surface area (Å²) in [5, 5.41) is 8.86. The molecule has 0 bridgehead atoms. The first-order chi connectivity index (χ1) is 8.59. The molecule has 0 aromatic rings. The second-order valence-electron chi connectivity index (χ2n) is 5.49. The fraction of sp³-hybridized carbons (Fsp3) is 0.846. The molecule has 2 unspecified atom stereocenters. The van der Waals surface area contributed by atoms with Crippen LogP contribution < -0.4 is 16.0 Å². The van der Waals surface area contributed by atoms with Crippen LogP contribution in [0.4, 0.5) is 0 Å².